The van der Waals surface area contributed by atoms with E-state index in [1.807, 2.05) is 16.0 Å². The highest BCUT2D eigenvalue weighted by atomic mass is 32.1. The number of thiazole rings is 1. The van der Waals surface area contributed by atoms with Crippen molar-refractivity contribution in [1.82, 2.24) is 29.5 Å². The molecule has 3 aromatic rings. The molecule has 0 bridgehead atoms. The van der Waals surface area contributed by atoms with Gasteiger partial charge in [0.25, 0.3) is 5.91 Å². The van der Waals surface area contributed by atoms with E-state index in [9.17, 15) is 4.79 Å². The van der Waals surface area contributed by atoms with Gasteiger partial charge < -0.3 is 9.88 Å². The minimum Gasteiger partial charge on any atom is -0.343 e. The first-order valence-corrected chi connectivity index (χ1v) is 7.80. The van der Waals surface area contributed by atoms with Crippen molar-refractivity contribution in [3.63, 3.8) is 0 Å². The molecule has 8 heteroatoms. The molecule has 0 fully saturated rings. The predicted octanol–water partition coefficient (Wildman–Crippen LogP) is 1.25. The number of rotatable bonds is 3. The van der Waals surface area contributed by atoms with E-state index in [-0.39, 0.29) is 5.91 Å². The summed E-state index contributed by atoms with van der Waals surface area (Å²) in [6, 6.07) is 0. The molecule has 7 nitrogen and oxygen atoms in total. The van der Waals surface area contributed by atoms with Crippen LogP contribution >= 0.6 is 11.3 Å². The van der Waals surface area contributed by atoms with Gasteiger partial charge in [-0.25, -0.2) is 4.98 Å². The van der Waals surface area contributed by atoms with Crippen LogP contribution in [0, 0.1) is 0 Å². The molecule has 0 atom stereocenters. The van der Waals surface area contributed by atoms with E-state index in [0.29, 0.717) is 12.2 Å². The fourth-order valence-electron chi connectivity index (χ4n) is 2.59. The molecule has 3 aromatic heterocycles. The normalized spacial score (nSPS) is 14.3. The van der Waals surface area contributed by atoms with Crippen LogP contribution in [0.2, 0.25) is 0 Å². The minimum absolute atomic E-state index is 0.181. The zero-order valence-corrected chi connectivity index (χ0v) is 12.1. The monoisotopic (exact) mass is 302 g/mol. The number of carbonyl (C=O) groups excluding carboxylic acids is 1. The van der Waals surface area contributed by atoms with Crippen LogP contribution in [0.5, 0.6) is 0 Å². The number of amides is 1. The van der Waals surface area contributed by atoms with Crippen molar-refractivity contribution >= 4 is 22.2 Å². The Kier molecular flexibility index (Phi) is 2.95. The topological polar surface area (TPSA) is 77.1 Å². The summed E-state index contributed by atoms with van der Waals surface area (Å²) in [7, 11) is 0. The van der Waals surface area contributed by atoms with Crippen LogP contribution in [0.3, 0.4) is 0 Å². The van der Waals surface area contributed by atoms with Gasteiger partial charge in [0.05, 0.1) is 6.54 Å². The van der Waals surface area contributed by atoms with Gasteiger partial charge in [0.1, 0.15) is 11.5 Å². The second kappa shape index (κ2) is 4.96. The molecule has 0 saturated heterocycles. The van der Waals surface area contributed by atoms with Gasteiger partial charge in [-0.1, -0.05) is 0 Å². The van der Waals surface area contributed by atoms with Gasteiger partial charge in [0.2, 0.25) is 0 Å². The van der Waals surface area contributed by atoms with Crippen molar-refractivity contribution in [2.45, 2.75) is 32.4 Å². The summed E-state index contributed by atoms with van der Waals surface area (Å²) < 4.78 is 3.95. The number of carbonyl (C=O) groups is 1. The molecule has 0 spiro atoms. The van der Waals surface area contributed by atoms with Crippen LogP contribution in [0.4, 0.5) is 0 Å². The Hall–Kier alpha value is -2.22. The lowest BCUT2D eigenvalue weighted by Gasteiger charge is -2.14. The SMILES string of the molecule is O=C(NCc1nnc2n1CCCC2)c1cn2ccsc2n1. The van der Waals surface area contributed by atoms with E-state index in [4.69, 9.17) is 0 Å². The highest BCUT2D eigenvalue weighted by Crippen LogP contribution is 2.14. The summed E-state index contributed by atoms with van der Waals surface area (Å²) in [5.74, 6) is 1.66. The van der Waals surface area contributed by atoms with Gasteiger partial charge in [-0.15, -0.1) is 21.5 Å². The van der Waals surface area contributed by atoms with Crippen molar-refractivity contribution < 1.29 is 4.79 Å². The van der Waals surface area contributed by atoms with E-state index < -0.39 is 0 Å². The quantitative estimate of drug-likeness (QED) is 0.790. The predicted molar refractivity (Wildman–Crippen MR) is 77.2 cm³/mol. The van der Waals surface area contributed by atoms with Gasteiger partial charge in [-0.3, -0.25) is 9.20 Å². The van der Waals surface area contributed by atoms with Crippen LogP contribution in [0.1, 0.15) is 35.0 Å². The standard InChI is InChI=1S/C13H14N6OS/c20-12(9-8-18-5-6-21-13(18)15-9)14-7-11-17-16-10-3-1-2-4-19(10)11/h5-6,8H,1-4,7H2,(H,14,20). The third kappa shape index (κ3) is 2.21. The molecular formula is C13H14N6OS. The van der Waals surface area contributed by atoms with E-state index in [2.05, 4.69) is 25.1 Å². The zero-order chi connectivity index (χ0) is 14.2. The number of hydrogen-bond acceptors (Lipinski definition) is 5. The maximum atomic E-state index is 12.1. The largest absolute Gasteiger partial charge is 0.343 e. The van der Waals surface area contributed by atoms with Crippen LogP contribution in [-0.2, 0) is 19.5 Å². The summed E-state index contributed by atoms with van der Waals surface area (Å²) in [5, 5.41) is 13.2. The average molecular weight is 302 g/mol. The van der Waals surface area contributed by atoms with Gasteiger partial charge in [-0.05, 0) is 12.8 Å². The van der Waals surface area contributed by atoms with Gasteiger partial charge in [0.15, 0.2) is 10.8 Å². The van der Waals surface area contributed by atoms with E-state index >= 15 is 0 Å². The summed E-state index contributed by atoms with van der Waals surface area (Å²) in [4.78, 5) is 17.2. The Bertz CT molecular complexity index is 772. The number of nitrogens with one attached hydrogen (secondary N) is 1. The molecular weight excluding hydrogens is 288 g/mol. The Balaban J connectivity index is 1.47. The van der Waals surface area contributed by atoms with Gasteiger partial charge >= 0.3 is 0 Å². The number of hydrogen-bond donors (Lipinski definition) is 1. The van der Waals surface area contributed by atoms with Crippen molar-refractivity contribution in [3.05, 3.63) is 35.1 Å². The van der Waals surface area contributed by atoms with E-state index in [1.165, 1.54) is 11.3 Å². The molecule has 0 saturated carbocycles. The molecule has 21 heavy (non-hydrogen) atoms. The second-order valence-corrected chi connectivity index (χ2v) is 5.92. The number of aromatic nitrogens is 5. The maximum Gasteiger partial charge on any atom is 0.271 e. The first-order valence-electron chi connectivity index (χ1n) is 6.92. The summed E-state index contributed by atoms with van der Waals surface area (Å²) in [6.07, 6.45) is 6.90. The number of fused-ring (bicyclic) bond motifs is 2. The van der Waals surface area contributed by atoms with Crippen LogP contribution in [0.15, 0.2) is 17.8 Å². The van der Waals surface area contributed by atoms with Crippen molar-refractivity contribution in [2.75, 3.05) is 0 Å². The lowest BCUT2D eigenvalue weighted by Crippen LogP contribution is -2.26. The summed E-state index contributed by atoms with van der Waals surface area (Å²) >= 11 is 1.51. The molecule has 108 valence electrons. The summed E-state index contributed by atoms with van der Waals surface area (Å²) in [6.45, 7) is 1.32. The first kappa shape index (κ1) is 12.5. The fraction of sp³-hybridized carbons (Fsp3) is 0.385. The molecule has 0 aromatic carbocycles. The number of imidazole rings is 1. The van der Waals surface area contributed by atoms with Crippen molar-refractivity contribution in [3.8, 4) is 0 Å². The highest BCUT2D eigenvalue weighted by molar-refractivity contribution is 7.15. The summed E-state index contributed by atoms with van der Waals surface area (Å²) in [5.41, 5.74) is 0.431. The van der Waals surface area contributed by atoms with E-state index in [1.54, 1.807) is 6.20 Å². The van der Waals surface area contributed by atoms with Gasteiger partial charge in [0, 0.05) is 30.7 Å². The van der Waals surface area contributed by atoms with Crippen LogP contribution < -0.4 is 5.32 Å². The number of aryl methyl sites for hydroxylation is 1. The lowest BCUT2D eigenvalue weighted by atomic mass is 10.2. The molecule has 4 heterocycles. The molecule has 0 aliphatic carbocycles. The smallest absolute Gasteiger partial charge is 0.271 e. The van der Waals surface area contributed by atoms with E-state index in [0.717, 1.165) is 42.4 Å². The van der Waals surface area contributed by atoms with Crippen molar-refractivity contribution in [1.29, 1.82) is 0 Å². The Labute approximate surface area is 124 Å². The molecule has 1 aliphatic rings. The van der Waals surface area contributed by atoms with Crippen molar-refractivity contribution in [2.24, 2.45) is 0 Å². The Morgan fingerprint density at radius 2 is 2.33 bits per heavy atom. The third-order valence-electron chi connectivity index (χ3n) is 3.67. The lowest BCUT2D eigenvalue weighted by molar-refractivity contribution is 0.0945. The van der Waals surface area contributed by atoms with Gasteiger partial charge in [-0.2, -0.15) is 0 Å². The fourth-order valence-corrected chi connectivity index (χ4v) is 3.29. The minimum atomic E-state index is -0.181. The molecule has 1 aliphatic heterocycles. The second-order valence-electron chi connectivity index (χ2n) is 5.04. The van der Waals surface area contributed by atoms with Crippen LogP contribution in [-0.4, -0.2) is 30.1 Å². The molecule has 1 amide bonds. The maximum absolute atomic E-state index is 12.1. The molecule has 0 radical (unpaired) electrons. The molecule has 0 unspecified atom stereocenters. The Morgan fingerprint density at radius 1 is 1.38 bits per heavy atom. The molecule has 1 N–H and O–H groups in total. The number of nitrogens with zero attached hydrogens (tertiary/aromatic N) is 5. The first-order chi connectivity index (χ1) is 10.3. The highest BCUT2D eigenvalue weighted by Gasteiger charge is 2.17. The zero-order valence-electron chi connectivity index (χ0n) is 11.3. The molecule has 4 rings (SSSR count). The third-order valence-corrected chi connectivity index (χ3v) is 4.44. The average Bonchev–Trinajstić information content (AvgIpc) is 3.18. The van der Waals surface area contributed by atoms with Crippen LogP contribution in [0.25, 0.3) is 4.96 Å². The Morgan fingerprint density at radius 3 is 3.24 bits per heavy atom.